The van der Waals surface area contributed by atoms with Gasteiger partial charge in [-0.1, -0.05) is 19.9 Å². The summed E-state index contributed by atoms with van der Waals surface area (Å²) in [7, 11) is 0. The number of hydrogen-bond acceptors (Lipinski definition) is 2. The molecule has 0 bridgehead atoms. The third-order valence-corrected chi connectivity index (χ3v) is 4.75. The number of rotatable bonds is 4. The van der Waals surface area contributed by atoms with E-state index < -0.39 is 0 Å². The van der Waals surface area contributed by atoms with Gasteiger partial charge in [0.15, 0.2) is 0 Å². The lowest BCUT2D eigenvalue weighted by atomic mass is 9.66. The Morgan fingerprint density at radius 2 is 2.06 bits per heavy atom. The quantitative estimate of drug-likeness (QED) is 0.884. The van der Waals surface area contributed by atoms with Gasteiger partial charge in [-0.3, -0.25) is 4.98 Å². The average Bonchev–Trinajstić information content (AvgIpc) is 2.40. The van der Waals surface area contributed by atoms with Crippen molar-refractivity contribution in [1.82, 2.24) is 4.98 Å². The molecule has 2 nitrogen and oxygen atoms in total. The molecule has 0 radical (unpaired) electrons. The van der Waals surface area contributed by atoms with E-state index in [-0.39, 0.29) is 0 Å². The van der Waals surface area contributed by atoms with E-state index >= 15 is 0 Å². The SMILES string of the molecule is CC(C)C1CCC(CN)(Cc2ccccn2)CC1. The molecule has 1 fully saturated rings. The molecule has 0 saturated heterocycles. The zero-order valence-corrected chi connectivity index (χ0v) is 11.7. The maximum Gasteiger partial charge on any atom is 0.0409 e. The van der Waals surface area contributed by atoms with Gasteiger partial charge in [0, 0.05) is 11.9 Å². The highest BCUT2D eigenvalue weighted by atomic mass is 14.7. The predicted molar refractivity (Wildman–Crippen MR) is 76.2 cm³/mol. The minimum atomic E-state index is 0.305. The summed E-state index contributed by atoms with van der Waals surface area (Å²) < 4.78 is 0. The molecule has 1 aliphatic carbocycles. The van der Waals surface area contributed by atoms with Crippen LogP contribution < -0.4 is 5.73 Å². The Hall–Kier alpha value is -0.890. The maximum absolute atomic E-state index is 6.08. The van der Waals surface area contributed by atoms with E-state index in [0.29, 0.717) is 5.41 Å². The van der Waals surface area contributed by atoms with Crippen molar-refractivity contribution in [3.05, 3.63) is 30.1 Å². The number of aromatic nitrogens is 1. The molecule has 1 aromatic rings. The minimum absolute atomic E-state index is 0.305. The Bertz CT molecular complexity index is 351. The van der Waals surface area contributed by atoms with Gasteiger partial charge in [0.25, 0.3) is 0 Å². The fourth-order valence-electron chi connectivity index (χ4n) is 3.26. The molecule has 1 aliphatic rings. The molecule has 2 N–H and O–H groups in total. The molecule has 1 heterocycles. The Kier molecular flexibility index (Phi) is 4.39. The molecule has 18 heavy (non-hydrogen) atoms. The number of pyridine rings is 1. The monoisotopic (exact) mass is 246 g/mol. The lowest BCUT2D eigenvalue weighted by molar-refractivity contribution is 0.131. The van der Waals surface area contributed by atoms with Crippen molar-refractivity contribution in [1.29, 1.82) is 0 Å². The first kappa shape index (κ1) is 13.5. The lowest BCUT2D eigenvalue weighted by Gasteiger charge is -2.40. The van der Waals surface area contributed by atoms with Crippen molar-refractivity contribution < 1.29 is 0 Å². The second kappa shape index (κ2) is 5.83. The van der Waals surface area contributed by atoms with Crippen LogP contribution >= 0.6 is 0 Å². The number of hydrogen-bond donors (Lipinski definition) is 1. The van der Waals surface area contributed by atoms with E-state index in [1.54, 1.807) is 0 Å². The zero-order chi connectivity index (χ0) is 13.0. The summed E-state index contributed by atoms with van der Waals surface area (Å²) in [5.74, 6) is 1.71. The maximum atomic E-state index is 6.08. The molecule has 0 unspecified atom stereocenters. The number of nitrogens with zero attached hydrogens (tertiary/aromatic N) is 1. The largest absolute Gasteiger partial charge is 0.330 e. The predicted octanol–water partition coefficient (Wildman–Crippen LogP) is 3.42. The van der Waals surface area contributed by atoms with Gasteiger partial charge >= 0.3 is 0 Å². The zero-order valence-electron chi connectivity index (χ0n) is 11.7. The van der Waals surface area contributed by atoms with Crippen molar-refractivity contribution in [2.24, 2.45) is 23.0 Å². The summed E-state index contributed by atoms with van der Waals surface area (Å²) in [6, 6.07) is 6.19. The van der Waals surface area contributed by atoms with Gasteiger partial charge in [0.05, 0.1) is 0 Å². The molecule has 1 saturated carbocycles. The Morgan fingerprint density at radius 1 is 1.33 bits per heavy atom. The molecular weight excluding hydrogens is 220 g/mol. The topological polar surface area (TPSA) is 38.9 Å². The van der Waals surface area contributed by atoms with Crippen LogP contribution in [0.3, 0.4) is 0 Å². The van der Waals surface area contributed by atoms with Crippen molar-refractivity contribution in [3.63, 3.8) is 0 Å². The second-order valence-corrected chi connectivity index (χ2v) is 6.28. The van der Waals surface area contributed by atoms with E-state index in [1.165, 1.54) is 31.4 Å². The van der Waals surface area contributed by atoms with Crippen molar-refractivity contribution in [3.8, 4) is 0 Å². The molecule has 0 aliphatic heterocycles. The van der Waals surface area contributed by atoms with Crippen LogP contribution in [0.4, 0.5) is 0 Å². The Morgan fingerprint density at radius 3 is 2.56 bits per heavy atom. The average molecular weight is 246 g/mol. The standard InChI is InChI=1S/C16H26N2/c1-13(2)14-6-8-16(12-17,9-7-14)11-15-5-3-4-10-18-15/h3-5,10,13-14H,6-9,11-12,17H2,1-2H3. The van der Waals surface area contributed by atoms with E-state index in [9.17, 15) is 0 Å². The fraction of sp³-hybridized carbons (Fsp3) is 0.688. The molecule has 1 aromatic heterocycles. The summed E-state index contributed by atoms with van der Waals surface area (Å²) in [6.45, 7) is 5.49. The van der Waals surface area contributed by atoms with Crippen LogP contribution in [-0.2, 0) is 6.42 Å². The minimum Gasteiger partial charge on any atom is -0.330 e. The van der Waals surface area contributed by atoms with E-state index in [4.69, 9.17) is 5.73 Å². The van der Waals surface area contributed by atoms with Crippen LogP contribution in [0.25, 0.3) is 0 Å². The summed E-state index contributed by atoms with van der Waals surface area (Å²) in [5, 5.41) is 0. The van der Waals surface area contributed by atoms with Crippen LogP contribution in [0.15, 0.2) is 24.4 Å². The molecule has 2 rings (SSSR count). The highest BCUT2D eigenvalue weighted by Crippen LogP contribution is 2.42. The van der Waals surface area contributed by atoms with Crippen molar-refractivity contribution in [2.45, 2.75) is 46.0 Å². The molecule has 0 amide bonds. The van der Waals surface area contributed by atoms with Crippen LogP contribution in [-0.4, -0.2) is 11.5 Å². The third-order valence-electron chi connectivity index (χ3n) is 4.75. The van der Waals surface area contributed by atoms with Crippen molar-refractivity contribution in [2.75, 3.05) is 6.54 Å². The Labute approximate surface area is 111 Å². The van der Waals surface area contributed by atoms with Gasteiger partial charge < -0.3 is 5.73 Å². The first-order valence-corrected chi connectivity index (χ1v) is 7.25. The van der Waals surface area contributed by atoms with Crippen LogP contribution in [0.2, 0.25) is 0 Å². The van der Waals surface area contributed by atoms with Gasteiger partial charge in [-0.2, -0.15) is 0 Å². The van der Waals surface area contributed by atoms with Gasteiger partial charge in [-0.05, 0) is 68.0 Å². The van der Waals surface area contributed by atoms with Crippen LogP contribution in [0.5, 0.6) is 0 Å². The first-order valence-electron chi connectivity index (χ1n) is 7.25. The van der Waals surface area contributed by atoms with Gasteiger partial charge in [0.2, 0.25) is 0 Å². The second-order valence-electron chi connectivity index (χ2n) is 6.28. The summed E-state index contributed by atoms with van der Waals surface area (Å²) >= 11 is 0. The molecule has 0 atom stereocenters. The van der Waals surface area contributed by atoms with Crippen LogP contribution in [0, 0.1) is 17.3 Å². The van der Waals surface area contributed by atoms with Crippen molar-refractivity contribution >= 4 is 0 Å². The van der Waals surface area contributed by atoms with Gasteiger partial charge in [-0.25, -0.2) is 0 Å². The molecule has 0 aromatic carbocycles. The number of nitrogens with two attached hydrogens (primary N) is 1. The summed E-state index contributed by atoms with van der Waals surface area (Å²) in [6.07, 6.45) is 8.14. The molecule has 2 heteroatoms. The van der Waals surface area contributed by atoms with E-state index in [0.717, 1.165) is 24.8 Å². The van der Waals surface area contributed by atoms with Gasteiger partial charge in [-0.15, -0.1) is 0 Å². The normalized spacial score (nSPS) is 28.6. The lowest BCUT2D eigenvalue weighted by Crippen LogP contribution is -2.37. The molecule has 0 spiro atoms. The van der Waals surface area contributed by atoms with E-state index in [1.807, 2.05) is 12.3 Å². The molecule has 100 valence electrons. The highest BCUT2D eigenvalue weighted by molar-refractivity contribution is 5.07. The van der Waals surface area contributed by atoms with Crippen LogP contribution in [0.1, 0.15) is 45.2 Å². The van der Waals surface area contributed by atoms with Gasteiger partial charge in [0.1, 0.15) is 0 Å². The smallest absolute Gasteiger partial charge is 0.0409 e. The fourth-order valence-corrected chi connectivity index (χ4v) is 3.26. The molecular formula is C16H26N2. The first-order chi connectivity index (χ1) is 8.65. The third kappa shape index (κ3) is 3.11. The van der Waals surface area contributed by atoms with E-state index in [2.05, 4.69) is 31.0 Å². The summed E-state index contributed by atoms with van der Waals surface area (Å²) in [5.41, 5.74) is 7.59. The Balaban J connectivity index is 2.00. The summed E-state index contributed by atoms with van der Waals surface area (Å²) in [4.78, 5) is 4.46. The highest BCUT2D eigenvalue weighted by Gasteiger charge is 2.35.